The van der Waals surface area contributed by atoms with Crippen LogP contribution in [0.25, 0.3) is 22.4 Å². The third-order valence-corrected chi connectivity index (χ3v) is 3.75. The number of hydrogen-bond donors (Lipinski definition) is 0. The number of rotatable bonds is 4. The fraction of sp³-hybridized carbons (Fsp3) is 0.0500. The highest BCUT2D eigenvalue weighted by atomic mass is 16.7. The quantitative estimate of drug-likeness (QED) is 0.561. The molecule has 1 heterocycles. The molecule has 0 aliphatic carbocycles. The molecule has 0 amide bonds. The predicted molar refractivity (Wildman–Crippen MR) is 91.9 cm³/mol. The first-order valence-corrected chi connectivity index (χ1v) is 7.62. The lowest BCUT2D eigenvalue weighted by atomic mass is 10.2. The number of benzene rings is 3. The predicted octanol–water partition coefficient (Wildman–Crippen LogP) is 4.33. The molecule has 0 atom stereocenters. The van der Waals surface area contributed by atoms with E-state index >= 15 is 0 Å². The van der Waals surface area contributed by atoms with Crippen molar-refractivity contribution in [1.29, 1.82) is 0 Å². The van der Waals surface area contributed by atoms with E-state index in [1.807, 2.05) is 77.5 Å². The van der Waals surface area contributed by atoms with Gasteiger partial charge in [0.2, 0.25) is 0 Å². The minimum absolute atomic E-state index is 0.501. The van der Waals surface area contributed by atoms with E-state index in [1.165, 1.54) is 0 Å². The maximum absolute atomic E-state index is 6.09. The average molecular weight is 300 g/mol. The van der Waals surface area contributed by atoms with E-state index in [2.05, 4.69) is 12.1 Å². The lowest BCUT2D eigenvalue weighted by Gasteiger charge is -2.11. The Hall–Kier alpha value is -3.07. The molecule has 23 heavy (non-hydrogen) atoms. The highest BCUT2D eigenvalue weighted by molar-refractivity contribution is 5.80. The van der Waals surface area contributed by atoms with Crippen LogP contribution >= 0.6 is 0 Å². The van der Waals surface area contributed by atoms with E-state index in [1.54, 1.807) is 0 Å². The van der Waals surface area contributed by atoms with Crippen molar-refractivity contribution >= 4 is 11.0 Å². The van der Waals surface area contributed by atoms with Crippen molar-refractivity contribution in [3.05, 3.63) is 90.5 Å². The number of para-hydroxylation sites is 2. The summed E-state index contributed by atoms with van der Waals surface area (Å²) in [6, 6.07) is 28.3. The van der Waals surface area contributed by atoms with Gasteiger partial charge in [-0.25, -0.2) is 4.98 Å². The second kappa shape index (κ2) is 5.97. The van der Waals surface area contributed by atoms with Crippen molar-refractivity contribution in [3.8, 4) is 11.4 Å². The topological polar surface area (TPSA) is 27.1 Å². The molecule has 3 nitrogen and oxygen atoms in total. The third-order valence-electron chi connectivity index (χ3n) is 3.75. The third kappa shape index (κ3) is 2.69. The van der Waals surface area contributed by atoms with Gasteiger partial charge in [-0.05, 0) is 17.7 Å². The van der Waals surface area contributed by atoms with Gasteiger partial charge >= 0.3 is 0 Å². The first-order valence-electron chi connectivity index (χ1n) is 7.62. The molecule has 0 fully saturated rings. The Bertz CT molecular complexity index is 914. The molecule has 4 rings (SSSR count). The molecule has 0 aliphatic rings. The smallest absolute Gasteiger partial charge is 0.176 e. The largest absolute Gasteiger partial charge is 0.407 e. The number of hydrogen-bond acceptors (Lipinski definition) is 2. The molecule has 1 aromatic heterocycles. The summed E-state index contributed by atoms with van der Waals surface area (Å²) in [7, 11) is 0. The summed E-state index contributed by atoms with van der Waals surface area (Å²) >= 11 is 0. The highest BCUT2D eigenvalue weighted by Crippen LogP contribution is 2.23. The molecule has 0 radical (unpaired) electrons. The van der Waals surface area contributed by atoms with Crippen LogP contribution in [0.5, 0.6) is 0 Å². The summed E-state index contributed by atoms with van der Waals surface area (Å²) in [6.07, 6.45) is 0. The number of nitrogens with zero attached hydrogens (tertiary/aromatic N) is 2. The number of imidazole rings is 1. The average Bonchev–Trinajstić information content (AvgIpc) is 3.00. The van der Waals surface area contributed by atoms with Crippen LogP contribution < -0.4 is 4.84 Å². The molecule has 0 spiro atoms. The van der Waals surface area contributed by atoms with Crippen molar-refractivity contribution < 1.29 is 4.84 Å². The maximum Gasteiger partial charge on any atom is 0.176 e. The SMILES string of the molecule is c1ccc(COn2c(-c3ccccc3)nc3ccccc32)cc1. The van der Waals surface area contributed by atoms with Crippen LogP contribution in [-0.4, -0.2) is 9.71 Å². The van der Waals surface area contributed by atoms with Gasteiger partial charge in [0.25, 0.3) is 0 Å². The summed E-state index contributed by atoms with van der Waals surface area (Å²) in [6.45, 7) is 0.501. The summed E-state index contributed by atoms with van der Waals surface area (Å²) < 4.78 is 1.83. The molecule has 0 N–H and O–H groups in total. The van der Waals surface area contributed by atoms with Gasteiger partial charge in [0.1, 0.15) is 12.1 Å². The molecule has 0 unspecified atom stereocenters. The van der Waals surface area contributed by atoms with E-state index < -0.39 is 0 Å². The summed E-state index contributed by atoms with van der Waals surface area (Å²) in [5.74, 6) is 0.822. The fourth-order valence-electron chi connectivity index (χ4n) is 2.62. The van der Waals surface area contributed by atoms with Crippen LogP contribution in [0.4, 0.5) is 0 Å². The van der Waals surface area contributed by atoms with Crippen LogP contribution in [0.2, 0.25) is 0 Å². The lowest BCUT2D eigenvalue weighted by molar-refractivity contribution is 0.110. The molecular formula is C20H16N2O. The first-order chi connectivity index (χ1) is 11.4. The van der Waals surface area contributed by atoms with E-state index in [-0.39, 0.29) is 0 Å². The molecule has 4 aromatic rings. The van der Waals surface area contributed by atoms with Crippen molar-refractivity contribution in [3.63, 3.8) is 0 Å². The van der Waals surface area contributed by atoms with Gasteiger partial charge in [-0.2, -0.15) is 4.73 Å². The van der Waals surface area contributed by atoms with E-state index in [0.29, 0.717) is 6.61 Å². The van der Waals surface area contributed by atoms with Crippen molar-refractivity contribution in [2.45, 2.75) is 6.61 Å². The first kappa shape index (κ1) is 13.6. The Morgan fingerprint density at radius 2 is 1.39 bits per heavy atom. The fourth-order valence-corrected chi connectivity index (χ4v) is 2.62. The Morgan fingerprint density at radius 1 is 0.739 bits per heavy atom. The van der Waals surface area contributed by atoms with Crippen molar-refractivity contribution in [1.82, 2.24) is 9.71 Å². The highest BCUT2D eigenvalue weighted by Gasteiger charge is 2.13. The monoisotopic (exact) mass is 300 g/mol. The van der Waals surface area contributed by atoms with Gasteiger partial charge in [0.15, 0.2) is 5.82 Å². The standard InChI is InChI=1S/C20H16N2O/c1-3-9-16(10-4-1)15-23-22-19-14-8-7-13-18(19)21-20(22)17-11-5-2-6-12-17/h1-14H,15H2. The van der Waals surface area contributed by atoms with Gasteiger partial charge in [0.05, 0.1) is 5.52 Å². The van der Waals surface area contributed by atoms with Gasteiger partial charge in [-0.15, -0.1) is 0 Å². The lowest BCUT2D eigenvalue weighted by Crippen LogP contribution is -2.12. The van der Waals surface area contributed by atoms with Crippen molar-refractivity contribution in [2.24, 2.45) is 0 Å². The van der Waals surface area contributed by atoms with Crippen LogP contribution in [-0.2, 0) is 6.61 Å². The van der Waals surface area contributed by atoms with Crippen LogP contribution in [0.15, 0.2) is 84.9 Å². The van der Waals surface area contributed by atoms with Crippen LogP contribution in [0.3, 0.4) is 0 Å². The van der Waals surface area contributed by atoms with E-state index in [9.17, 15) is 0 Å². The van der Waals surface area contributed by atoms with Gasteiger partial charge in [-0.1, -0.05) is 72.8 Å². The van der Waals surface area contributed by atoms with Crippen LogP contribution in [0, 0.1) is 0 Å². The summed E-state index contributed by atoms with van der Waals surface area (Å²) in [4.78, 5) is 10.8. The molecule has 3 heteroatoms. The Balaban J connectivity index is 1.77. The van der Waals surface area contributed by atoms with Gasteiger partial charge in [0, 0.05) is 5.56 Å². The molecular weight excluding hydrogens is 284 g/mol. The molecule has 0 saturated carbocycles. The summed E-state index contributed by atoms with van der Waals surface area (Å²) in [5.41, 5.74) is 4.07. The molecule has 0 aliphatic heterocycles. The zero-order valence-corrected chi connectivity index (χ0v) is 12.6. The summed E-state index contributed by atoms with van der Waals surface area (Å²) in [5, 5.41) is 0. The Morgan fingerprint density at radius 3 is 2.17 bits per heavy atom. The number of fused-ring (bicyclic) bond motifs is 1. The Kier molecular flexibility index (Phi) is 3.53. The minimum atomic E-state index is 0.501. The second-order valence-electron chi connectivity index (χ2n) is 5.34. The number of aromatic nitrogens is 2. The van der Waals surface area contributed by atoms with Gasteiger partial charge < -0.3 is 4.84 Å². The molecule has 112 valence electrons. The molecule has 0 bridgehead atoms. The van der Waals surface area contributed by atoms with E-state index in [4.69, 9.17) is 9.82 Å². The zero-order valence-electron chi connectivity index (χ0n) is 12.6. The van der Waals surface area contributed by atoms with E-state index in [0.717, 1.165) is 28.0 Å². The normalized spacial score (nSPS) is 10.8. The van der Waals surface area contributed by atoms with Crippen molar-refractivity contribution in [2.75, 3.05) is 0 Å². The second-order valence-corrected chi connectivity index (χ2v) is 5.34. The molecule has 0 saturated heterocycles. The maximum atomic E-state index is 6.09. The Labute approximate surface area is 134 Å². The zero-order chi connectivity index (χ0) is 15.5. The minimum Gasteiger partial charge on any atom is -0.407 e. The van der Waals surface area contributed by atoms with Gasteiger partial charge in [-0.3, -0.25) is 0 Å². The molecule has 3 aromatic carbocycles. The van der Waals surface area contributed by atoms with Crippen LogP contribution in [0.1, 0.15) is 5.56 Å².